The summed E-state index contributed by atoms with van der Waals surface area (Å²) in [6.45, 7) is 0. The number of benzene rings is 1. The summed E-state index contributed by atoms with van der Waals surface area (Å²) in [5.41, 5.74) is -1.13. The molecule has 1 aromatic carbocycles. The van der Waals surface area contributed by atoms with Gasteiger partial charge in [-0.2, -0.15) is 0 Å². The Labute approximate surface area is 112 Å². The molecule has 0 aliphatic heterocycles. The molecule has 0 spiro atoms. The van der Waals surface area contributed by atoms with Crippen LogP contribution in [0.15, 0.2) is 24.3 Å². The smallest absolute Gasteiger partial charge is 0.256 e. The molecule has 0 radical (unpaired) electrons. The van der Waals surface area contributed by atoms with Crippen molar-refractivity contribution in [1.29, 1.82) is 0 Å². The number of alkyl halides is 4. The van der Waals surface area contributed by atoms with Crippen molar-refractivity contribution in [2.75, 3.05) is 0 Å². The molecule has 0 aliphatic carbocycles. The molecule has 0 heterocycles. The Morgan fingerprint density at radius 2 is 1.88 bits per heavy atom. The summed E-state index contributed by atoms with van der Waals surface area (Å²) >= 11 is 22.1. The molecule has 1 aromatic rings. The standard InChI is InChI=1S/C9H7Cl4NO2/c10-8(9(11,12)13)14-7(16)5-3-1-2-4-6(5)15/h1-4,8,15H,(H,14,16). The molecule has 3 nitrogen and oxygen atoms in total. The fraction of sp³-hybridized carbons (Fsp3) is 0.222. The monoisotopic (exact) mass is 301 g/mol. The van der Waals surface area contributed by atoms with Crippen molar-refractivity contribution in [3.05, 3.63) is 29.8 Å². The molecule has 0 bridgehead atoms. The second kappa shape index (κ2) is 5.32. The average molecular weight is 303 g/mol. The van der Waals surface area contributed by atoms with Gasteiger partial charge in [-0.05, 0) is 12.1 Å². The van der Waals surface area contributed by atoms with Crippen molar-refractivity contribution < 1.29 is 9.90 Å². The zero-order valence-corrected chi connectivity index (χ0v) is 10.8. The lowest BCUT2D eigenvalue weighted by Crippen LogP contribution is -2.39. The van der Waals surface area contributed by atoms with Crippen LogP contribution in [0.25, 0.3) is 0 Å². The van der Waals surface area contributed by atoms with Crippen LogP contribution in [0.2, 0.25) is 0 Å². The van der Waals surface area contributed by atoms with Gasteiger partial charge in [-0.25, -0.2) is 0 Å². The van der Waals surface area contributed by atoms with E-state index in [2.05, 4.69) is 5.32 Å². The van der Waals surface area contributed by atoms with Crippen LogP contribution >= 0.6 is 46.4 Å². The summed E-state index contributed by atoms with van der Waals surface area (Å²) in [5, 5.41) is 11.6. The van der Waals surface area contributed by atoms with Gasteiger partial charge in [0.25, 0.3) is 5.91 Å². The molecule has 0 aliphatic rings. The number of carbonyl (C=O) groups excluding carboxylic acids is 1. The van der Waals surface area contributed by atoms with Crippen molar-refractivity contribution >= 4 is 52.3 Å². The van der Waals surface area contributed by atoms with Crippen LogP contribution in [-0.4, -0.2) is 20.3 Å². The minimum absolute atomic E-state index is 0.0578. The first-order chi connectivity index (χ1) is 7.32. The Morgan fingerprint density at radius 1 is 1.31 bits per heavy atom. The normalized spacial score (nSPS) is 13.2. The third-order valence-electron chi connectivity index (χ3n) is 1.69. The van der Waals surface area contributed by atoms with Crippen molar-refractivity contribution in [2.24, 2.45) is 0 Å². The molecular weight excluding hydrogens is 296 g/mol. The highest BCUT2D eigenvalue weighted by atomic mass is 35.6. The maximum absolute atomic E-state index is 11.6. The van der Waals surface area contributed by atoms with Crippen LogP contribution in [0, 0.1) is 0 Å². The fourth-order valence-corrected chi connectivity index (χ4v) is 1.20. The van der Waals surface area contributed by atoms with Crippen LogP contribution in [0.4, 0.5) is 0 Å². The first-order valence-electron chi connectivity index (χ1n) is 4.12. The van der Waals surface area contributed by atoms with Gasteiger partial charge in [-0.15, -0.1) is 0 Å². The van der Waals surface area contributed by atoms with Crippen molar-refractivity contribution in [3.8, 4) is 5.75 Å². The van der Waals surface area contributed by atoms with Gasteiger partial charge in [-0.1, -0.05) is 58.5 Å². The van der Waals surface area contributed by atoms with Gasteiger partial charge in [0.15, 0.2) is 5.50 Å². The van der Waals surface area contributed by atoms with E-state index in [1.807, 2.05) is 0 Å². The van der Waals surface area contributed by atoms with Crippen LogP contribution in [-0.2, 0) is 0 Å². The quantitative estimate of drug-likeness (QED) is 0.651. The van der Waals surface area contributed by atoms with E-state index in [9.17, 15) is 9.90 Å². The van der Waals surface area contributed by atoms with Gasteiger partial charge >= 0.3 is 0 Å². The summed E-state index contributed by atoms with van der Waals surface area (Å²) < 4.78 is -1.82. The van der Waals surface area contributed by atoms with Crippen LogP contribution < -0.4 is 5.32 Å². The second-order valence-electron chi connectivity index (χ2n) is 2.89. The third kappa shape index (κ3) is 3.59. The molecule has 16 heavy (non-hydrogen) atoms. The Kier molecular flexibility index (Phi) is 4.56. The van der Waals surface area contributed by atoms with Gasteiger partial charge in [0.2, 0.25) is 3.79 Å². The highest BCUT2D eigenvalue weighted by molar-refractivity contribution is 6.70. The molecule has 1 rings (SSSR count). The van der Waals surface area contributed by atoms with Crippen LogP contribution in [0.1, 0.15) is 10.4 Å². The number of para-hydroxylation sites is 1. The van der Waals surface area contributed by atoms with Gasteiger partial charge < -0.3 is 10.4 Å². The molecule has 0 fully saturated rings. The van der Waals surface area contributed by atoms with Gasteiger partial charge in [0.05, 0.1) is 5.56 Å². The number of phenols is 1. The lowest BCUT2D eigenvalue weighted by atomic mass is 10.2. The minimum Gasteiger partial charge on any atom is -0.507 e. The Bertz CT molecular complexity index is 391. The summed E-state index contributed by atoms with van der Waals surface area (Å²) in [5.74, 6) is -0.794. The van der Waals surface area contributed by atoms with E-state index < -0.39 is 15.2 Å². The number of nitrogens with one attached hydrogen (secondary N) is 1. The van der Waals surface area contributed by atoms with Crippen molar-refractivity contribution in [1.82, 2.24) is 5.32 Å². The molecule has 0 aromatic heterocycles. The molecule has 7 heteroatoms. The number of amides is 1. The fourth-order valence-electron chi connectivity index (χ4n) is 0.940. The van der Waals surface area contributed by atoms with E-state index in [1.54, 1.807) is 12.1 Å². The maximum Gasteiger partial charge on any atom is 0.256 e. The third-order valence-corrected chi connectivity index (χ3v) is 3.12. The molecule has 2 N–H and O–H groups in total. The van der Waals surface area contributed by atoms with E-state index in [0.29, 0.717) is 0 Å². The van der Waals surface area contributed by atoms with Crippen molar-refractivity contribution in [3.63, 3.8) is 0 Å². The predicted molar refractivity (Wildman–Crippen MR) is 65.5 cm³/mol. The van der Waals surface area contributed by atoms with Crippen molar-refractivity contribution in [2.45, 2.75) is 9.29 Å². The number of halogens is 4. The Balaban J connectivity index is 2.78. The van der Waals surface area contributed by atoms with E-state index in [4.69, 9.17) is 46.4 Å². The van der Waals surface area contributed by atoms with Gasteiger partial charge in [0.1, 0.15) is 5.75 Å². The molecular formula is C9H7Cl4NO2. The van der Waals surface area contributed by atoms with E-state index >= 15 is 0 Å². The molecule has 88 valence electrons. The molecule has 1 amide bonds. The highest BCUT2D eigenvalue weighted by Crippen LogP contribution is 2.32. The summed E-state index contributed by atoms with van der Waals surface area (Å²) in [4.78, 5) is 11.6. The lowest BCUT2D eigenvalue weighted by molar-refractivity contribution is 0.0946. The van der Waals surface area contributed by atoms with Gasteiger partial charge in [-0.3, -0.25) is 4.79 Å². The highest BCUT2D eigenvalue weighted by Gasteiger charge is 2.32. The van der Waals surface area contributed by atoms with E-state index in [-0.39, 0.29) is 11.3 Å². The molecule has 1 unspecified atom stereocenters. The SMILES string of the molecule is O=C(NC(Cl)C(Cl)(Cl)Cl)c1ccccc1O. The lowest BCUT2D eigenvalue weighted by Gasteiger charge is -2.19. The van der Waals surface area contributed by atoms with Gasteiger partial charge in [0, 0.05) is 0 Å². The summed E-state index contributed by atoms with van der Waals surface area (Å²) in [6.07, 6.45) is 0. The first kappa shape index (κ1) is 13.7. The topological polar surface area (TPSA) is 49.3 Å². The second-order valence-corrected chi connectivity index (χ2v) is 5.70. The van der Waals surface area contributed by atoms with Crippen LogP contribution in [0.3, 0.4) is 0 Å². The Hall–Kier alpha value is -0.350. The summed E-state index contributed by atoms with van der Waals surface area (Å²) in [7, 11) is 0. The number of hydrogen-bond acceptors (Lipinski definition) is 2. The van der Waals surface area contributed by atoms with E-state index in [0.717, 1.165) is 0 Å². The number of aromatic hydroxyl groups is 1. The number of phenolic OH excluding ortho intramolecular Hbond substituents is 1. The minimum atomic E-state index is -1.82. The van der Waals surface area contributed by atoms with Crippen LogP contribution in [0.5, 0.6) is 5.75 Å². The molecule has 0 saturated heterocycles. The zero-order chi connectivity index (χ0) is 12.3. The largest absolute Gasteiger partial charge is 0.507 e. The zero-order valence-electron chi connectivity index (χ0n) is 7.75. The maximum atomic E-state index is 11.6. The summed E-state index contributed by atoms with van der Waals surface area (Å²) in [6, 6.07) is 5.96. The van der Waals surface area contributed by atoms with E-state index in [1.165, 1.54) is 12.1 Å². The molecule has 0 saturated carbocycles. The molecule has 1 atom stereocenters. The number of hydrogen-bond donors (Lipinski definition) is 2. The number of carbonyl (C=O) groups is 1. The number of rotatable bonds is 2. The Morgan fingerprint density at radius 3 is 2.38 bits per heavy atom. The average Bonchev–Trinajstić information content (AvgIpc) is 2.16. The first-order valence-corrected chi connectivity index (χ1v) is 5.69. The predicted octanol–water partition coefficient (Wildman–Crippen LogP) is 3.06.